The number of aliphatic imine (C=N–C) groups is 1. The molecule has 1 fully saturated rings. The zero-order valence-corrected chi connectivity index (χ0v) is 13.8. The number of rotatable bonds is 1. The molecule has 0 aliphatic carbocycles. The molecule has 118 valence electrons. The fourth-order valence-corrected chi connectivity index (χ4v) is 3.78. The summed E-state index contributed by atoms with van der Waals surface area (Å²) in [6.07, 6.45) is 2.51. The van der Waals surface area contributed by atoms with Gasteiger partial charge in [-0.05, 0) is 54.3 Å². The SMILES string of the molecule is Nc1ccc(C2CN=C(N3CCCC3)c3ccc(Cl)cc32)cc1. The zero-order chi connectivity index (χ0) is 15.8. The van der Waals surface area contributed by atoms with Crippen LogP contribution in [0.15, 0.2) is 47.5 Å². The Hall–Kier alpha value is -2.00. The van der Waals surface area contributed by atoms with Gasteiger partial charge in [0.15, 0.2) is 0 Å². The fourth-order valence-electron chi connectivity index (χ4n) is 3.60. The van der Waals surface area contributed by atoms with Gasteiger partial charge in [0.25, 0.3) is 0 Å². The molecule has 2 aromatic carbocycles. The third-order valence-electron chi connectivity index (χ3n) is 4.80. The number of hydrogen-bond donors (Lipinski definition) is 1. The first kappa shape index (κ1) is 14.6. The second-order valence-electron chi connectivity index (χ2n) is 6.31. The first-order valence-electron chi connectivity index (χ1n) is 8.17. The first-order chi connectivity index (χ1) is 11.2. The van der Waals surface area contributed by atoms with Gasteiger partial charge >= 0.3 is 0 Å². The monoisotopic (exact) mass is 325 g/mol. The quantitative estimate of drug-likeness (QED) is 0.808. The van der Waals surface area contributed by atoms with E-state index in [2.05, 4.69) is 29.2 Å². The fraction of sp³-hybridized carbons (Fsp3) is 0.316. The zero-order valence-electron chi connectivity index (χ0n) is 13.0. The minimum Gasteiger partial charge on any atom is -0.399 e. The molecule has 23 heavy (non-hydrogen) atoms. The van der Waals surface area contributed by atoms with E-state index in [1.807, 2.05) is 18.2 Å². The summed E-state index contributed by atoms with van der Waals surface area (Å²) in [6.45, 7) is 2.98. The van der Waals surface area contributed by atoms with Crippen LogP contribution in [0.5, 0.6) is 0 Å². The molecule has 0 saturated carbocycles. The third-order valence-corrected chi connectivity index (χ3v) is 5.03. The van der Waals surface area contributed by atoms with E-state index >= 15 is 0 Å². The van der Waals surface area contributed by atoms with Gasteiger partial charge in [0.1, 0.15) is 5.84 Å². The smallest absolute Gasteiger partial charge is 0.131 e. The number of hydrogen-bond acceptors (Lipinski definition) is 3. The Balaban J connectivity index is 1.77. The number of halogens is 1. The van der Waals surface area contributed by atoms with Crippen LogP contribution in [-0.4, -0.2) is 30.4 Å². The summed E-state index contributed by atoms with van der Waals surface area (Å²) in [6, 6.07) is 14.3. The van der Waals surface area contributed by atoms with Crippen molar-refractivity contribution in [2.75, 3.05) is 25.4 Å². The van der Waals surface area contributed by atoms with Gasteiger partial charge in [-0.2, -0.15) is 0 Å². The molecule has 4 heteroatoms. The van der Waals surface area contributed by atoms with Crippen LogP contribution in [-0.2, 0) is 0 Å². The first-order valence-corrected chi connectivity index (χ1v) is 8.55. The molecule has 4 rings (SSSR count). The summed E-state index contributed by atoms with van der Waals surface area (Å²) >= 11 is 6.29. The summed E-state index contributed by atoms with van der Waals surface area (Å²) in [7, 11) is 0. The Morgan fingerprint density at radius 1 is 1.04 bits per heavy atom. The van der Waals surface area contributed by atoms with E-state index in [0.717, 1.165) is 36.2 Å². The van der Waals surface area contributed by atoms with Crippen molar-refractivity contribution in [2.45, 2.75) is 18.8 Å². The molecule has 0 radical (unpaired) electrons. The standard InChI is InChI=1S/C19H20ClN3/c20-14-5-8-16-17(11-14)18(13-3-6-15(21)7-4-13)12-22-19(16)23-9-1-2-10-23/h3-8,11,18H,1-2,9-10,12,21H2. The Kier molecular flexibility index (Phi) is 3.74. The van der Waals surface area contributed by atoms with E-state index in [9.17, 15) is 0 Å². The molecule has 1 unspecified atom stereocenters. The number of nitrogens with two attached hydrogens (primary N) is 1. The number of fused-ring (bicyclic) bond motifs is 1. The average Bonchev–Trinajstić information content (AvgIpc) is 3.09. The van der Waals surface area contributed by atoms with Gasteiger partial charge in [-0.1, -0.05) is 23.7 Å². The predicted octanol–water partition coefficient (Wildman–Crippen LogP) is 3.91. The van der Waals surface area contributed by atoms with Crippen LogP contribution >= 0.6 is 11.6 Å². The summed E-state index contributed by atoms with van der Waals surface area (Å²) in [5.74, 6) is 1.39. The number of benzene rings is 2. The number of anilines is 1. The average molecular weight is 326 g/mol. The maximum Gasteiger partial charge on any atom is 0.131 e. The third kappa shape index (κ3) is 2.70. The van der Waals surface area contributed by atoms with E-state index in [1.165, 1.54) is 29.5 Å². The lowest BCUT2D eigenvalue weighted by Gasteiger charge is -2.30. The summed E-state index contributed by atoms with van der Waals surface area (Å²) in [4.78, 5) is 7.34. The van der Waals surface area contributed by atoms with Crippen molar-refractivity contribution in [1.29, 1.82) is 0 Å². The molecule has 1 saturated heterocycles. The van der Waals surface area contributed by atoms with Crippen molar-refractivity contribution in [3.63, 3.8) is 0 Å². The lowest BCUT2D eigenvalue weighted by molar-refractivity contribution is 0.513. The maximum atomic E-state index is 6.29. The van der Waals surface area contributed by atoms with E-state index in [0.29, 0.717) is 0 Å². The number of likely N-dealkylation sites (tertiary alicyclic amines) is 1. The van der Waals surface area contributed by atoms with Gasteiger partial charge in [0, 0.05) is 35.3 Å². The molecule has 2 aliphatic rings. The minimum atomic E-state index is 0.246. The van der Waals surface area contributed by atoms with Crippen molar-refractivity contribution in [1.82, 2.24) is 4.90 Å². The molecule has 0 spiro atoms. The van der Waals surface area contributed by atoms with Crippen LogP contribution in [0.3, 0.4) is 0 Å². The second kappa shape index (κ2) is 5.89. The van der Waals surface area contributed by atoms with Gasteiger partial charge in [0.05, 0.1) is 6.54 Å². The van der Waals surface area contributed by atoms with Gasteiger partial charge in [-0.15, -0.1) is 0 Å². The largest absolute Gasteiger partial charge is 0.399 e. The van der Waals surface area contributed by atoms with Crippen molar-refractivity contribution in [3.8, 4) is 0 Å². The molecule has 2 aromatic rings. The van der Waals surface area contributed by atoms with E-state index in [-0.39, 0.29) is 5.92 Å². The minimum absolute atomic E-state index is 0.246. The molecule has 2 aliphatic heterocycles. The molecular formula is C19H20ClN3. The highest BCUT2D eigenvalue weighted by Gasteiger charge is 2.28. The predicted molar refractivity (Wildman–Crippen MR) is 96.4 cm³/mol. The summed E-state index contributed by atoms with van der Waals surface area (Å²) in [5, 5.41) is 0.784. The Morgan fingerprint density at radius 3 is 2.52 bits per heavy atom. The van der Waals surface area contributed by atoms with Crippen LogP contribution < -0.4 is 5.73 Å². The molecule has 3 nitrogen and oxygen atoms in total. The van der Waals surface area contributed by atoms with Crippen molar-refractivity contribution < 1.29 is 0 Å². The second-order valence-corrected chi connectivity index (χ2v) is 6.75. The lowest BCUT2D eigenvalue weighted by Crippen LogP contribution is -2.33. The molecule has 2 N–H and O–H groups in total. The van der Waals surface area contributed by atoms with Gasteiger partial charge < -0.3 is 10.6 Å². The Morgan fingerprint density at radius 2 is 1.78 bits per heavy atom. The molecule has 1 atom stereocenters. The Bertz CT molecular complexity index is 746. The number of nitrogen functional groups attached to an aromatic ring is 1. The highest BCUT2D eigenvalue weighted by Crippen LogP contribution is 2.35. The van der Waals surface area contributed by atoms with Crippen LogP contribution in [0.4, 0.5) is 5.69 Å². The van der Waals surface area contributed by atoms with Crippen LogP contribution in [0.25, 0.3) is 0 Å². The molecule has 2 heterocycles. The highest BCUT2D eigenvalue weighted by molar-refractivity contribution is 6.30. The van der Waals surface area contributed by atoms with E-state index in [4.69, 9.17) is 22.3 Å². The molecule has 0 bridgehead atoms. The van der Waals surface area contributed by atoms with E-state index < -0.39 is 0 Å². The number of amidine groups is 1. The van der Waals surface area contributed by atoms with Crippen molar-refractivity contribution in [3.05, 3.63) is 64.2 Å². The van der Waals surface area contributed by atoms with Gasteiger partial charge in [-0.25, -0.2) is 0 Å². The summed E-state index contributed by atoms with van der Waals surface area (Å²) < 4.78 is 0. The van der Waals surface area contributed by atoms with Crippen molar-refractivity contribution >= 4 is 23.1 Å². The van der Waals surface area contributed by atoms with Crippen LogP contribution in [0.1, 0.15) is 35.4 Å². The molecule has 0 aromatic heterocycles. The summed E-state index contributed by atoms with van der Waals surface area (Å²) in [5.41, 5.74) is 10.4. The van der Waals surface area contributed by atoms with Crippen molar-refractivity contribution in [2.24, 2.45) is 4.99 Å². The van der Waals surface area contributed by atoms with Crippen LogP contribution in [0, 0.1) is 0 Å². The van der Waals surface area contributed by atoms with Crippen LogP contribution in [0.2, 0.25) is 5.02 Å². The van der Waals surface area contributed by atoms with Gasteiger partial charge in [0.2, 0.25) is 0 Å². The van der Waals surface area contributed by atoms with E-state index in [1.54, 1.807) is 0 Å². The number of nitrogens with zero attached hydrogens (tertiary/aromatic N) is 2. The lowest BCUT2D eigenvalue weighted by atomic mass is 9.85. The maximum absolute atomic E-state index is 6.29. The Labute approximate surface area is 141 Å². The molecular weight excluding hydrogens is 306 g/mol. The topological polar surface area (TPSA) is 41.6 Å². The molecule has 0 amide bonds. The normalized spacial score (nSPS) is 20.3. The van der Waals surface area contributed by atoms with Gasteiger partial charge in [-0.3, -0.25) is 4.99 Å². The highest BCUT2D eigenvalue weighted by atomic mass is 35.5.